The molecule has 180 valence electrons. The molecule has 1 fully saturated rings. The average Bonchev–Trinajstić information content (AvgIpc) is 3.08. The van der Waals surface area contributed by atoms with Gasteiger partial charge in [-0.05, 0) is 60.9 Å². The number of hydrogen-bond acceptors (Lipinski definition) is 2. The molecule has 2 aromatic carbocycles. The number of likely N-dealkylation sites (N-methyl/N-ethyl adjacent to an activating group) is 1. The van der Waals surface area contributed by atoms with Crippen molar-refractivity contribution < 1.29 is 39.7 Å². The monoisotopic (exact) mass is 497 g/mol. The molecular formula is C22H19F8NOS. The highest BCUT2D eigenvalue weighted by atomic mass is 32.2. The fraction of sp³-hybridized carbons (Fsp3) is 0.455. The summed E-state index contributed by atoms with van der Waals surface area (Å²) in [5.41, 5.74) is -6.64. The van der Waals surface area contributed by atoms with Gasteiger partial charge in [0.2, 0.25) is 0 Å². The number of benzene rings is 2. The fourth-order valence-electron chi connectivity index (χ4n) is 5.07. The lowest BCUT2D eigenvalue weighted by Crippen LogP contribution is -2.51. The van der Waals surface area contributed by atoms with Crippen LogP contribution in [0, 0.1) is 11.7 Å². The van der Waals surface area contributed by atoms with Crippen LogP contribution in [0.2, 0.25) is 0 Å². The number of aryl methyl sites for hydroxylation is 1. The maximum Gasteiger partial charge on any atom is 0.435 e. The second-order valence-corrected chi connectivity index (χ2v) is 10.3. The molecule has 1 aliphatic heterocycles. The van der Waals surface area contributed by atoms with Crippen molar-refractivity contribution in [3.63, 3.8) is 0 Å². The van der Waals surface area contributed by atoms with Gasteiger partial charge in [-0.3, -0.25) is 0 Å². The number of nitrogens with zero attached hydrogens (tertiary/aromatic N) is 1. The zero-order chi connectivity index (χ0) is 24.4. The number of rotatable bonds is 3. The summed E-state index contributed by atoms with van der Waals surface area (Å²) in [6.45, 7) is 0.750. The molecule has 0 radical (unpaired) electrons. The van der Waals surface area contributed by atoms with E-state index in [1.165, 1.54) is 12.1 Å². The van der Waals surface area contributed by atoms with Crippen LogP contribution in [-0.2, 0) is 28.0 Å². The van der Waals surface area contributed by atoms with Gasteiger partial charge in [0.25, 0.3) is 0 Å². The molecule has 2 aliphatic rings. The molecule has 4 rings (SSSR count). The Labute approximate surface area is 187 Å². The summed E-state index contributed by atoms with van der Waals surface area (Å²) in [5, 5.41) is 0. The third-order valence-electron chi connectivity index (χ3n) is 6.56. The van der Waals surface area contributed by atoms with Gasteiger partial charge in [-0.1, -0.05) is 18.2 Å². The lowest BCUT2D eigenvalue weighted by atomic mass is 9.75. The molecule has 0 spiro atoms. The number of halogens is 8. The van der Waals surface area contributed by atoms with Crippen LogP contribution in [0.25, 0.3) is 0 Å². The Morgan fingerprint density at radius 3 is 2.15 bits per heavy atom. The zero-order valence-corrected chi connectivity index (χ0v) is 18.1. The van der Waals surface area contributed by atoms with E-state index in [-0.39, 0.29) is 24.4 Å². The van der Waals surface area contributed by atoms with Crippen LogP contribution < -0.4 is 0 Å². The average molecular weight is 497 g/mol. The molecule has 0 aromatic heterocycles. The van der Waals surface area contributed by atoms with Gasteiger partial charge in [-0.2, -0.15) is 26.3 Å². The van der Waals surface area contributed by atoms with Crippen molar-refractivity contribution in [2.24, 2.45) is 5.92 Å². The molecule has 3 atom stereocenters. The number of likely N-dealkylation sites (tertiary alicyclic amines) is 1. The summed E-state index contributed by atoms with van der Waals surface area (Å²) in [5.74, 6) is -0.743. The minimum absolute atomic E-state index is 0.102. The van der Waals surface area contributed by atoms with Crippen molar-refractivity contribution in [1.29, 1.82) is 0 Å². The Bertz CT molecular complexity index is 1020. The van der Waals surface area contributed by atoms with Crippen LogP contribution in [0.5, 0.6) is 0 Å². The van der Waals surface area contributed by atoms with Gasteiger partial charge in [-0.25, -0.2) is 8.78 Å². The van der Waals surface area contributed by atoms with Crippen LogP contribution in [0.1, 0.15) is 23.1 Å². The Hall–Kier alpha value is -1.85. The topological polar surface area (TPSA) is 26.3 Å². The summed E-state index contributed by atoms with van der Waals surface area (Å²) in [6.07, 6.45) is -11.9. The smallest absolute Gasteiger partial charge is 0.435 e. The molecule has 0 amide bonds. The van der Waals surface area contributed by atoms with Gasteiger partial charge >= 0.3 is 18.0 Å². The van der Waals surface area contributed by atoms with E-state index >= 15 is 0 Å². The number of hydrogen-bond donors (Lipinski definition) is 0. The molecule has 0 bridgehead atoms. The van der Waals surface area contributed by atoms with Crippen LogP contribution in [-0.4, -0.2) is 41.9 Å². The van der Waals surface area contributed by atoms with Crippen molar-refractivity contribution in [1.82, 2.24) is 4.90 Å². The summed E-state index contributed by atoms with van der Waals surface area (Å²) < 4.78 is 120. The van der Waals surface area contributed by atoms with E-state index in [0.717, 1.165) is 18.2 Å². The molecule has 33 heavy (non-hydrogen) atoms. The van der Waals surface area contributed by atoms with Gasteiger partial charge in [0.05, 0.1) is 6.54 Å². The SMILES string of the molecule is CN1CC2CCc3cc(C(F)(C(F)(F)F)C(F)(F)F)ccc3C2([S+]([O-])c2ccc(F)cc2)C1. The van der Waals surface area contributed by atoms with Gasteiger partial charge < -0.3 is 9.45 Å². The molecule has 2 nitrogen and oxygen atoms in total. The van der Waals surface area contributed by atoms with E-state index in [1.54, 1.807) is 7.05 Å². The van der Waals surface area contributed by atoms with Gasteiger partial charge in [-0.15, -0.1) is 0 Å². The largest absolute Gasteiger partial charge is 0.611 e. The fourth-order valence-corrected chi connectivity index (χ4v) is 7.11. The predicted molar refractivity (Wildman–Crippen MR) is 105 cm³/mol. The van der Waals surface area contributed by atoms with Crippen molar-refractivity contribution in [3.8, 4) is 0 Å². The van der Waals surface area contributed by atoms with Crippen LogP contribution in [0.4, 0.5) is 35.1 Å². The van der Waals surface area contributed by atoms with Crippen LogP contribution in [0.15, 0.2) is 47.4 Å². The van der Waals surface area contributed by atoms with Crippen molar-refractivity contribution in [3.05, 3.63) is 65.0 Å². The first kappa shape index (κ1) is 24.3. The molecular weight excluding hydrogens is 478 g/mol. The summed E-state index contributed by atoms with van der Waals surface area (Å²) in [7, 11) is 1.77. The van der Waals surface area contributed by atoms with E-state index in [9.17, 15) is 39.7 Å². The van der Waals surface area contributed by atoms with E-state index in [2.05, 4.69) is 0 Å². The van der Waals surface area contributed by atoms with E-state index in [1.807, 2.05) is 4.90 Å². The highest BCUT2D eigenvalue weighted by molar-refractivity contribution is 7.92. The van der Waals surface area contributed by atoms with E-state index in [0.29, 0.717) is 35.6 Å². The van der Waals surface area contributed by atoms with Crippen molar-refractivity contribution in [2.45, 2.75) is 40.5 Å². The predicted octanol–water partition coefficient (Wildman–Crippen LogP) is 5.63. The van der Waals surface area contributed by atoms with E-state index in [4.69, 9.17) is 0 Å². The quantitative estimate of drug-likeness (QED) is 0.406. The van der Waals surface area contributed by atoms with Gasteiger partial charge in [0.15, 0.2) is 9.64 Å². The molecule has 2 aromatic rings. The first-order valence-electron chi connectivity index (χ1n) is 10.0. The minimum Gasteiger partial charge on any atom is -0.611 e. The first-order chi connectivity index (χ1) is 15.2. The zero-order valence-electron chi connectivity index (χ0n) is 17.2. The molecule has 0 saturated carbocycles. The Balaban J connectivity index is 1.87. The summed E-state index contributed by atoms with van der Waals surface area (Å²) in [4.78, 5) is 2.18. The second-order valence-electron chi connectivity index (χ2n) is 8.57. The molecule has 11 heteroatoms. The molecule has 1 aliphatic carbocycles. The maximum absolute atomic E-state index is 14.6. The lowest BCUT2D eigenvalue weighted by Gasteiger charge is -2.41. The molecule has 0 N–H and O–H groups in total. The van der Waals surface area contributed by atoms with Gasteiger partial charge in [0.1, 0.15) is 5.82 Å². The Morgan fingerprint density at radius 1 is 0.970 bits per heavy atom. The molecule has 3 unspecified atom stereocenters. The minimum atomic E-state index is -6.21. The van der Waals surface area contributed by atoms with Crippen LogP contribution >= 0.6 is 0 Å². The normalized spacial score (nSPS) is 25.0. The maximum atomic E-state index is 14.6. The molecule has 1 saturated heterocycles. The first-order valence-corrected chi connectivity index (χ1v) is 11.2. The number of alkyl halides is 7. The summed E-state index contributed by atoms with van der Waals surface area (Å²) in [6, 6.07) is 7.10. The second kappa shape index (κ2) is 7.84. The van der Waals surface area contributed by atoms with E-state index < -0.39 is 45.3 Å². The Morgan fingerprint density at radius 2 is 1.58 bits per heavy atom. The Kier molecular flexibility index (Phi) is 5.77. The van der Waals surface area contributed by atoms with Crippen molar-refractivity contribution >= 4 is 11.2 Å². The highest BCUT2D eigenvalue weighted by Crippen LogP contribution is 2.56. The number of fused-ring (bicyclic) bond motifs is 3. The van der Waals surface area contributed by atoms with Crippen LogP contribution in [0.3, 0.4) is 0 Å². The molecule has 1 heterocycles. The van der Waals surface area contributed by atoms with Gasteiger partial charge in [0, 0.05) is 23.6 Å². The lowest BCUT2D eigenvalue weighted by molar-refractivity contribution is -0.348. The third-order valence-corrected chi connectivity index (χ3v) is 8.60. The summed E-state index contributed by atoms with van der Waals surface area (Å²) >= 11 is -1.79. The van der Waals surface area contributed by atoms with Crippen molar-refractivity contribution in [2.75, 3.05) is 20.1 Å². The highest BCUT2D eigenvalue weighted by Gasteiger charge is 2.73. The third kappa shape index (κ3) is 3.63. The standard InChI is InChI=1S/C22H19F8NOS/c1-31-11-15-3-2-13-10-14(20(24,21(25,26)27)22(28,29)30)4-9-18(13)19(15,12-31)33(32)17-7-5-16(23)6-8-17/h4-10,15H,2-3,11-12H2,1H3.